The van der Waals surface area contributed by atoms with Gasteiger partial charge in [0.2, 0.25) is 0 Å². The lowest BCUT2D eigenvalue weighted by atomic mass is 9.92. The highest BCUT2D eigenvalue weighted by atomic mass is 32.2. The summed E-state index contributed by atoms with van der Waals surface area (Å²) in [7, 11) is -3.77. The quantitative estimate of drug-likeness (QED) is 0.419. The molecule has 2 heterocycles. The summed E-state index contributed by atoms with van der Waals surface area (Å²) >= 11 is 1.08. The first-order valence-corrected chi connectivity index (χ1v) is 13.4. The van der Waals surface area contributed by atoms with Crippen molar-refractivity contribution >= 4 is 27.0 Å². The van der Waals surface area contributed by atoms with Crippen LogP contribution in [0.2, 0.25) is 0 Å². The molecule has 0 saturated carbocycles. The van der Waals surface area contributed by atoms with E-state index in [4.69, 9.17) is 0 Å². The maximum absolute atomic E-state index is 13.3. The van der Waals surface area contributed by atoms with Gasteiger partial charge in [-0.25, -0.2) is 8.42 Å². The maximum atomic E-state index is 13.3. The summed E-state index contributed by atoms with van der Waals surface area (Å²) in [6, 6.07) is 15.2. The Kier molecular flexibility index (Phi) is 7.36. The zero-order chi connectivity index (χ0) is 27.1. The van der Waals surface area contributed by atoms with Crippen LogP contribution in [0.15, 0.2) is 76.3 Å². The molecule has 0 amide bonds. The van der Waals surface area contributed by atoms with Crippen LogP contribution in [0.3, 0.4) is 0 Å². The molecule has 1 aliphatic rings. The SMILES string of the molecule is O=S(=O)(c1cccs1)N1CCN(c2ccc(C(O)(C(F)(F)F)C(F)(F)F)cc2)[C@H](Cc2ccccc2)C1. The van der Waals surface area contributed by atoms with Crippen LogP contribution in [-0.4, -0.2) is 55.9 Å². The van der Waals surface area contributed by atoms with Gasteiger partial charge in [0.05, 0.1) is 0 Å². The molecule has 13 heteroatoms. The van der Waals surface area contributed by atoms with Crippen molar-refractivity contribution in [1.82, 2.24) is 4.31 Å². The fourth-order valence-electron chi connectivity index (χ4n) is 4.37. The van der Waals surface area contributed by atoms with Crippen molar-refractivity contribution in [2.24, 2.45) is 0 Å². The van der Waals surface area contributed by atoms with E-state index >= 15 is 0 Å². The molecule has 1 N–H and O–H groups in total. The van der Waals surface area contributed by atoms with E-state index in [1.54, 1.807) is 16.3 Å². The third-order valence-corrected chi connectivity index (χ3v) is 9.52. The number of piperazine rings is 1. The van der Waals surface area contributed by atoms with Gasteiger partial charge in [0.1, 0.15) is 4.21 Å². The highest BCUT2D eigenvalue weighted by molar-refractivity contribution is 7.91. The molecule has 1 aliphatic heterocycles. The van der Waals surface area contributed by atoms with Crippen molar-refractivity contribution in [1.29, 1.82) is 0 Å². The lowest BCUT2D eigenvalue weighted by molar-refractivity contribution is -0.376. The van der Waals surface area contributed by atoms with E-state index in [2.05, 4.69) is 0 Å². The first kappa shape index (κ1) is 27.4. The number of thiophene rings is 1. The van der Waals surface area contributed by atoms with Crippen LogP contribution in [-0.2, 0) is 22.0 Å². The van der Waals surface area contributed by atoms with Crippen molar-refractivity contribution in [2.75, 3.05) is 24.5 Å². The topological polar surface area (TPSA) is 60.9 Å². The smallest absolute Gasteiger partial charge is 0.369 e. The predicted molar refractivity (Wildman–Crippen MR) is 127 cm³/mol. The molecule has 1 atom stereocenters. The number of hydrogen-bond acceptors (Lipinski definition) is 5. The van der Waals surface area contributed by atoms with E-state index in [1.165, 1.54) is 10.4 Å². The van der Waals surface area contributed by atoms with Crippen LogP contribution < -0.4 is 4.90 Å². The molecule has 37 heavy (non-hydrogen) atoms. The van der Waals surface area contributed by atoms with Crippen LogP contribution >= 0.6 is 11.3 Å². The monoisotopic (exact) mass is 564 g/mol. The Bertz CT molecular complexity index is 1280. The summed E-state index contributed by atoms with van der Waals surface area (Å²) < 4.78 is 107. The normalized spacial score (nSPS) is 18.2. The molecule has 0 unspecified atom stereocenters. The van der Waals surface area contributed by atoms with Crippen molar-refractivity contribution in [3.05, 3.63) is 83.2 Å². The van der Waals surface area contributed by atoms with Gasteiger partial charge in [-0.2, -0.15) is 30.6 Å². The van der Waals surface area contributed by atoms with Crippen molar-refractivity contribution in [2.45, 2.75) is 34.6 Å². The number of sulfonamides is 1. The third kappa shape index (κ3) is 5.22. The molecule has 0 bridgehead atoms. The van der Waals surface area contributed by atoms with Gasteiger partial charge >= 0.3 is 12.4 Å². The number of alkyl halides is 6. The van der Waals surface area contributed by atoms with Crippen molar-refractivity contribution in [3.63, 3.8) is 0 Å². The second-order valence-corrected chi connectivity index (χ2v) is 11.7. The van der Waals surface area contributed by atoms with E-state index < -0.39 is 39.6 Å². The average molecular weight is 565 g/mol. The standard InChI is InChI=1S/C24H22F6N2O3S2/c25-23(26,27)22(33,24(28,29)30)18-8-10-19(11-9-18)32-13-12-31(37(34,35)21-7-4-14-36-21)16-20(32)15-17-5-2-1-3-6-17/h1-11,14,20,33H,12-13,15-16H2/t20-/m1/s1. The van der Waals surface area contributed by atoms with Gasteiger partial charge in [-0.15, -0.1) is 11.3 Å². The van der Waals surface area contributed by atoms with E-state index in [0.29, 0.717) is 24.2 Å². The number of anilines is 1. The molecule has 2 aromatic carbocycles. The highest BCUT2D eigenvalue weighted by Crippen LogP contribution is 2.50. The molecule has 0 aliphatic carbocycles. The fourth-order valence-corrected chi connectivity index (χ4v) is 6.98. The summed E-state index contributed by atoms with van der Waals surface area (Å²) in [4.78, 5) is 1.76. The Labute approximate surface area is 213 Å². The molecular formula is C24H22F6N2O3S2. The first-order chi connectivity index (χ1) is 17.2. The second-order valence-electron chi connectivity index (χ2n) is 8.58. The largest absolute Gasteiger partial charge is 0.430 e. The third-order valence-electron chi connectivity index (χ3n) is 6.29. The van der Waals surface area contributed by atoms with Crippen LogP contribution in [0, 0.1) is 0 Å². The van der Waals surface area contributed by atoms with E-state index in [1.807, 2.05) is 30.3 Å². The van der Waals surface area contributed by atoms with Crippen molar-refractivity contribution < 1.29 is 39.9 Å². The van der Waals surface area contributed by atoms with Gasteiger partial charge in [-0.3, -0.25) is 0 Å². The molecule has 200 valence electrons. The van der Waals surface area contributed by atoms with E-state index in [9.17, 15) is 39.9 Å². The van der Waals surface area contributed by atoms with Crippen LogP contribution in [0.25, 0.3) is 0 Å². The highest BCUT2D eigenvalue weighted by Gasteiger charge is 2.71. The first-order valence-electron chi connectivity index (χ1n) is 11.1. The lowest BCUT2D eigenvalue weighted by Crippen LogP contribution is -2.55. The number of halogens is 6. The molecule has 5 nitrogen and oxygen atoms in total. The van der Waals surface area contributed by atoms with Gasteiger partial charge < -0.3 is 10.0 Å². The Morgan fingerprint density at radius 1 is 0.865 bits per heavy atom. The number of rotatable bonds is 6. The summed E-state index contributed by atoms with van der Waals surface area (Å²) in [6.45, 7) is 0.290. The number of hydrogen-bond donors (Lipinski definition) is 1. The van der Waals surface area contributed by atoms with E-state index in [-0.39, 0.29) is 23.8 Å². The Balaban J connectivity index is 1.66. The molecule has 1 saturated heterocycles. The second kappa shape index (κ2) is 9.93. The molecular weight excluding hydrogens is 542 g/mol. The van der Waals surface area contributed by atoms with Crippen LogP contribution in [0.4, 0.5) is 32.0 Å². The fraction of sp³-hybridized carbons (Fsp3) is 0.333. The summed E-state index contributed by atoms with van der Waals surface area (Å²) in [5, 5.41) is 11.3. The summed E-state index contributed by atoms with van der Waals surface area (Å²) in [5.74, 6) is 0. The van der Waals surface area contributed by atoms with Crippen LogP contribution in [0.1, 0.15) is 11.1 Å². The summed E-state index contributed by atoms with van der Waals surface area (Å²) in [6.07, 6.45) is -11.6. The molecule has 0 radical (unpaired) electrons. The molecule has 4 rings (SSSR count). The zero-order valence-electron chi connectivity index (χ0n) is 19.1. The zero-order valence-corrected chi connectivity index (χ0v) is 20.7. The Morgan fingerprint density at radius 3 is 2.03 bits per heavy atom. The Hall–Kier alpha value is -2.61. The average Bonchev–Trinajstić information content (AvgIpc) is 3.39. The van der Waals surface area contributed by atoms with Crippen molar-refractivity contribution in [3.8, 4) is 0 Å². The lowest BCUT2D eigenvalue weighted by Gasteiger charge is -2.42. The molecule has 1 fully saturated rings. The van der Waals surface area contributed by atoms with Gasteiger partial charge in [0, 0.05) is 36.9 Å². The minimum Gasteiger partial charge on any atom is -0.369 e. The molecule has 1 aromatic heterocycles. The Morgan fingerprint density at radius 2 is 1.49 bits per heavy atom. The van der Waals surface area contributed by atoms with Gasteiger partial charge in [0.15, 0.2) is 0 Å². The number of nitrogens with zero attached hydrogens (tertiary/aromatic N) is 2. The van der Waals surface area contributed by atoms with Crippen LogP contribution in [0.5, 0.6) is 0 Å². The van der Waals surface area contributed by atoms with E-state index in [0.717, 1.165) is 29.0 Å². The number of aliphatic hydroxyl groups is 1. The van der Waals surface area contributed by atoms with Gasteiger partial charge in [0.25, 0.3) is 15.6 Å². The summed E-state index contributed by atoms with van der Waals surface area (Å²) in [5.41, 5.74) is -5.18. The van der Waals surface area contributed by atoms with Gasteiger partial charge in [-0.1, -0.05) is 48.5 Å². The predicted octanol–water partition coefficient (Wildman–Crippen LogP) is 5.18. The van der Waals surface area contributed by atoms with Gasteiger partial charge in [-0.05, 0) is 35.6 Å². The minimum atomic E-state index is -5.98. The maximum Gasteiger partial charge on any atom is 0.430 e. The minimum absolute atomic E-state index is 0.0614. The number of benzene rings is 2. The molecule has 0 spiro atoms. The molecule has 3 aromatic rings.